The molecule has 1 amide bonds. The average Bonchev–Trinajstić information content (AvgIpc) is 3.36. The third-order valence-electron chi connectivity index (χ3n) is 6.41. The molecule has 2 aliphatic heterocycles. The Balaban J connectivity index is 1.43. The number of piperazine rings is 1. The predicted molar refractivity (Wildman–Crippen MR) is 134 cm³/mol. The fourth-order valence-corrected chi connectivity index (χ4v) is 6.41. The quantitative estimate of drug-likeness (QED) is 0.514. The number of esters is 1. The molecule has 0 atom stereocenters. The highest BCUT2D eigenvalue weighted by Crippen LogP contribution is 2.45. The van der Waals surface area contributed by atoms with E-state index in [1.54, 1.807) is 42.3 Å². The molecule has 1 saturated heterocycles. The molecule has 11 heteroatoms. The fraction of sp³-hybridized carbons (Fsp3) is 0.280. The van der Waals surface area contributed by atoms with E-state index in [9.17, 15) is 18.0 Å². The smallest absolute Gasteiger partial charge is 0.337 e. The van der Waals surface area contributed by atoms with E-state index < -0.39 is 15.8 Å². The Morgan fingerprint density at radius 1 is 1.08 bits per heavy atom. The number of ether oxygens (including phenoxy) is 2. The molecule has 0 aliphatic carbocycles. The molecule has 0 unspecified atom stereocenters. The summed E-state index contributed by atoms with van der Waals surface area (Å²) < 4.78 is 37.6. The van der Waals surface area contributed by atoms with Crippen molar-refractivity contribution >= 4 is 39.0 Å². The lowest BCUT2D eigenvalue weighted by atomic mass is 10.1. The number of anilines is 1. The Hall–Kier alpha value is -3.50. The molecule has 9 nitrogen and oxygen atoms in total. The number of methoxy groups -OCH3 is 1. The van der Waals surface area contributed by atoms with Crippen LogP contribution in [0.25, 0.3) is 0 Å². The van der Waals surface area contributed by atoms with Crippen LogP contribution in [0.1, 0.15) is 32.0 Å². The van der Waals surface area contributed by atoms with E-state index in [-0.39, 0.29) is 38.6 Å². The number of aromatic nitrogens is 1. The third-order valence-corrected chi connectivity index (χ3v) is 8.36. The molecule has 0 saturated carbocycles. The number of sulfone groups is 1. The van der Waals surface area contributed by atoms with Crippen molar-refractivity contribution in [1.29, 1.82) is 0 Å². The number of fused-ring (bicyclic) bond motifs is 2. The van der Waals surface area contributed by atoms with Crippen LogP contribution in [0.15, 0.2) is 47.5 Å². The van der Waals surface area contributed by atoms with Crippen LogP contribution in [0, 0.1) is 6.92 Å². The molecule has 3 heterocycles. The number of nitrogens with zero attached hydrogens (tertiary/aromatic N) is 2. The monoisotopic (exact) mass is 529 g/mol. The van der Waals surface area contributed by atoms with Gasteiger partial charge in [-0.25, -0.2) is 13.2 Å². The summed E-state index contributed by atoms with van der Waals surface area (Å²) in [5.74, 6) is -0.603. The first-order valence-corrected chi connectivity index (χ1v) is 13.3. The number of carbonyl (C=O) groups is 2. The number of aromatic amines is 1. The first-order valence-electron chi connectivity index (χ1n) is 11.3. The molecular formula is C25H24ClN3O6S. The molecule has 2 aliphatic rings. The number of aryl methyl sites for hydroxylation is 1. The lowest BCUT2D eigenvalue weighted by molar-refractivity contribution is 0.0600. The molecule has 0 bridgehead atoms. The molecule has 0 spiro atoms. The highest BCUT2D eigenvalue weighted by atomic mass is 35.5. The molecular weight excluding hydrogens is 506 g/mol. The predicted octanol–water partition coefficient (Wildman–Crippen LogP) is 3.81. The van der Waals surface area contributed by atoms with Crippen LogP contribution >= 0.6 is 11.6 Å². The van der Waals surface area contributed by atoms with Crippen molar-refractivity contribution in [2.45, 2.75) is 17.6 Å². The van der Waals surface area contributed by atoms with E-state index in [1.165, 1.54) is 19.2 Å². The molecule has 5 rings (SSSR count). The van der Waals surface area contributed by atoms with E-state index in [4.69, 9.17) is 21.1 Å². The molecule has 1 fully saturated rings. The minimum absolute atomic E-state index is 0.0569. The highest BCUT2D eigenvalue weighted by molar-refractivity contribution is 7.90. The van der Waals surface area contributed by atoms with Gasteiger partial charge in [-0.3, -0.25) is 4.79 Å². The zero-order valence-corrected chi connectivity index (χ0v) is 21.3. The maximum Gasteiger partial charge on any atom is 0.337 e. The number of hydrogen-bond acceptors (Lipinski definition) is 7. The highest BCUT2D eigenvalue weighted by Gasteiger charge is 2.32. The number of halogens is 1. The Kier molecular flexibility index (Phi) is 6.17. The van der Waals surface area contributed by atoms with Crippen LogP contribution in [-0.2, 0) is 20.3 Å². The summed E-state index contributed by atoms with van der Waals surface area (Å²) in [4.78, 5) is 31.4. The van der Waals surface area contributed by atoms with Gasteiger partial charge in [0.25, 0.3) is 5.91 Å². The van der Waals surface area contributed by atoms with E-state index >= 15 is 0 Å². The number of rotatable bonds is 3. The molecule has 36 heavy (non-hydrogen) atoms. The first-order chi connectivity index (χ1) is 17.2. The van der Waals surface area contributed by atoms with Crippen molar-refractivity contribution in [2.24, 2.45) is 0 Å². The molecule has 1 aromatic heterocycles. The van der Waals surface area contributed by atoms with Gasteiger partial charge in [-0.15, -0.1) is 0 Å². The molecule has 1 N–H and O–H groups in total. The second-order valence-electron chi connectivity index (χ2n) is 8.75. The van der Waals surface area contributed by atoms with Gasteiger partial charge in [0.15, 0.2) is 9.84 Å². The van der Waals surface area contributed by atoms with Gasteiger partial charge >= 0.3 is 5.97 Å². The third kappa shape index (κ3) is 4.31. The van der Waals surface area contributed by atoms with E-state index in [0.717, 1.165) is 5.69 Å². The number of nitrogens with one attached hydrogen (secondary N) is 1. The Bertz CT molecular complexity index is 1460. The first kappa shape index (κ1) is 24.2. The minimum atomic E-state index is -3.85. The van der Waals surface area contributed by atoms with E-state index in [1.807, 2.05) is 0 Å². The van der Waals surface area contributed by atoms with Gasteiger partial charge in [-0.2, -0.15) is 0 Å². The van der Waals surface area contributed by atoms with Gasteiger partial charge in [0.2, 0.25) is 0 Å². The fourth-order valence-electron chi connectivity index (χ4n) is 4.56. The number of carbonyl (C=O) groups excluding carboxylic acids is 2. The number of H-pyrrole nitrogens is 1. The van der Waals surface area contributed by atoms with Crippen LogP contribution in [0.3, 0.4) is 0 Å². The van der Waals surface area contributed by atoms with Crippen molar-refractivity contribution in [2.75, 3.05) is 38.2 Å². The summed E-state index contributed by atoms with van der Waals surface area (Å²) in [5.41, 5.74) is 2.34. The van der Waals surface area contributed by atoms with Gasteiger partial charge in [0.1, 0.15) is 22.1 Å². The second kappa shape index (κ2) is 9.18. The Morgan fingerprint density at radius 2 is 1.83 bits per heavy atom. The van der Waals surface area contributed by atoms with E-state index in [0.29, 0.717) is 43.0 Å². The Labute approximate surface area is 213 Å². The van der Waals surface area contributed by atoms with Crippen molar-refractivity contribution < 1.29 is 27.5 Å². The summed E-state index contributed by atoms with van der Waals surface area (Å²) >= 11 is 6.61. The van der Waals surface area contributed by atoms with Crippen LogP contribution < -0.4 is 9.64 Å². The van der Waals surface area contributed by atoms with Crippen molar-refractivity contribution in [1.82, 2.24) is 9.88 Å². The number of amides is 1. The molecule has 188 valence electrons. The van der Waals surface area contributed by atoms with Gasteiger partial charge in [0, 0.05) is 43.6 Å². The second-order valence-corrected chi connectivity index (χ2v) is 11.1. The van der Waals surface area contributed by atoms with Crippen LogP contribution in [-0.4, -0.2) is 63.5 Å². The zero-order chi connectivity index (χ0) is 25.6. The summed E-state index contributed by atoms with van der Waals surface area (Å²) in [6.07, 6.45) is 1.72. The van der Waals surface area contributed by atoms with Gasteiger partial charge in [-0.05, 0) is 48.9 Å². The summed E-state index contributed by atoms with van der Waals surface area (Å²) in [6.45, 7) is 3.83. The lowest BCUT2D eigenvalue weighted by Crippen LogP contribution is -2.48. The number of hydrogen-bond donors (Lipinski definition) is 1. The summed E-state index contributed by atoms with van der Waals surface area (Å²) in [6, 6.07) is 9.86. The van der Waals surface area contributed by atoms with Crippen molar-refractivity contribution in [3.05, 3.63) is 70.0 Å². The van der Waals surface area contributed by atoms with Crippen LogP contribution in [0.4, 0.5) is 5.69 Å². The van der Waals surface area contributed by atoms with Crippen LogP contribution in [0.2, 0.25) is 5.02 Å². The summed E-state index contributed by atoms with van der Waals surface area (Å²) in [5, 5.41) is 0.284. The number of benzene rings is 2. The lowest BCUT2D eigenvalue weighted by Gasteiger charge is -2.36. The average molecular weight is 530 g/mol. The van der Waals surface area contributed by atoms with E-state index in [2.05, 4.69) is 9.88 Å². The standard InChI is InChI=1S/C25H24ClN3O6S/c1-15-10-16(25(31)34-2)12-21-22(15)35-23-17(14-36(21,32)33)11-18(13-19(23)26)28-6-8-29(9-7-28)24(30)20-4-3-5-27-20/h3-5,10-13,27H,6-9,14H2,1-2H3. The van der Waals surface area contributed by atoms with Crippen LogP contribution in [0.5, 0.6) is 11.5 Å². The largest absolute Gasteiger partial charge is 0.465 e. The SMILES string of the molecule is COC(=O)c1cc(C)c2c(c1)S(=O)(=O)Cc1cc(N3CCN(C(=O)c4ccc[nH]4)CC3)cc(Cl)c1O2. The molecule has 0 radical (unpaired) electrons. The van der Waals surface area contributed by atoms with Gasteiger partial charge < -0.3 is 24.3 Å². The molecule has 3 aromatic rings. The zero-order valence-electron chi connectivity index (χ0n) is 19.7. The maximum atomic E-state index is 13.4. The maximum absolute atomic E-state index is 13.4. The normalized spacial score (nSPS) is 16.4. The topological polar surface area (TPSA) is 109 Å². The van der Waals surface area contributed by atoms with Gasteiger partial charge in [-0.1, -0.05) is 11.6 Å². The molecule has 2 aromatic carbocycles. The van der Waals surface area contributed by atoms with Gasteiger partial charge in [0.05, 0.1) is 23.4 Å². The Morgan fingerprint density at radius 3 is 2.50 bits per heavy atom. The minimum Gasteiger partial charge on any atom is -0.465 e. The summed E-state index contributed by atoms with van der Waals surface area (Å²) in [7, 11) is -2.62. The van der Waals surface area contributed by atoms with Crippen molar-refractivity contribution in [3.8, 4) is 11.5 Å². The van der Waals surface area contributed by atoms with Crippen molar-refractivity contribution in [3.63, 3.8) is 0 Å².